The largest absolute Gasteiger partial charge is 0.433 e. The first-order valence-corrected chi connectivity index (χ1v) is 6.11. The Bertz CT molecular complexity index is 845. The highest BCUT2D eigenvalue weighted by Gasteiger charge is 2.16. The Morgan fingerprint density at radius 1 is 1.47 bits per heavy atom. The lowest BCUT2D eigenvalue weighted by Gasteiger charge is -1.95. The maximum Gasteiger partial charge on any atom is 0.433 e. The maximum absolute atomic E-state index is 11.9. The number of nitro groups is 1. The van der Waals surface area contributed by atoms with Crippen molar-refractivity contribution in [3.63, 3.8) is 0 Å². The summed E-state index contributed by atoms with van der Waals surface area (Å²) in [7, 11) is 0. The van der Waals surface area contributed by atoms with Crippen LogP contribution in [0.3, 0.4) is 0 Å². The molecule has 3 aromatic rings. The highest BCUT2D eigenvalue weighted by molar-refractivity contribution is 7.18. The number of H-pyrrole nitrogens is 1. The summed E-state index contributed by atoms with van der Waals surface area (Å²) in [6.45, 7) is 1.88. The standard InChI is InChI=1S/C11H7N3O4S/c1-5-4-6-10(15)12-9(13-11(6)19-5)7-2-3-8(18-7)14(16)17/h2-4H,1H3,(H,12,13,15). The molecule has 0 saturated carbocycles. The van der Waals surface area contributed by atoms with Gasteiger partial charge in [0.2, 0.25) is 0 Å². The van der Waals surface area contributed by atoms with Crippen molar-refractivity contribution in [3.8, 4) is 11.6 Å². The van der Waals surface area contributed by atoms with Gasteiger partial charge in [0, 0.05) is 4.88 Å². The van der Waals surface area contributed by atoms with Crippen molar-refractivity contribution in [2.45, 2.75) is 6.92 Å². The van der Waals surface area contributed by atoms with Gasteiger partial charge in [0.1, 0.15) is 9.75 Å². The summed E-state index contributed by atoms with van der Waals surface area (Å²) in [5, 5.41) is 11.1. The number of aromatic nitrogens is 2. The molecule has 0 saturated heterocycles. The van der Waals surface area contributed by atoms with Gasteiger partial charge in [0.25, 0.3) is 5.56 Å². The summed E-state index contributed by atoms with van der Waals surface area (Å²) in [6, 6.07) is 4.38. The van der Waals surface area contributed by atoms with Crippen LogP contribution in [0.25, 0.3) is 21.8 Å². The number of aryl methyl sites for hydroxylation is 1. The fourth-order valence-electron chi connectivity index (χ4n) is 1.72. The summed E-state index contributed by atoms with van der Waals surface area (Å²) in [6.07, 6.45) is 0. The van der Waals surface area contributed by atoms with E-state index in [9.17, 15) is 14.9 Å². The maximum atomic E-state index is 11.9. The molecule has 3 heterocycles. The molecule has 7 nitrogen and oxygen atoms in total. The lowest BCUT2D eigenvalue weighted by molar-refractivity contribution is -0.401. The third kappa shape index (κ3) is 1.91. The zero-order valence-electron chi connectivity index (χ0n) is 9.67. The number of hydrogen-bond acceptors (Lipinski definition) is 6. The number of hydrogen-bond donors (Lipinski definition) is 1. The number of furan rings is 1. The second-order valence-corrected chi connectivity index (χ2v) is 5.12. The molecule has 0 fully saturated rings. The second kappa shape index (κ2) is 4.02. The van der Waals surface area contributed by atoms with E-state index < -0.39 is 4.92 Å². The number of nitrogens with zero attached hydrogens (tertiary/aromatic N) is 2. The van der Waals surface area contributed by atoms with Crippen LogP contribution in [-0.2, 0) is 0 Å². The van der Waals surface area contributed by atoms with E-state index in [-0.39, 0.29) is 23.0 Å². The number of thiophene rings is 1. The van der Waals surface area contributed by atoms with E-state index in [0.29, 0.717) is 10.2 Å². The molecule has 0 atom stereocenters. The molecule has 1 N–H and O–H groups in total. The Labute approximate surface area is 109 Å². The fourth-order valence-corrected chi connectivity index (χ4v) is 2.60. The third-order valence-electron chi connectivity index (χ3n) is 2.53. The molecule has 0 bridgehead atoms. The van der Waals surface area contributed by atoms with Gasteiger partial charge >= 0.3 is 5.88 Å². The van der Waals surface area contributed by atoms with Gasteiger partial charge < -0.3 is 9.40 Å². The van der Waals surface area contributed by atoms with E-state index in [1.54, 1.807) is 6.07 Å². The smallest absolute Gasteiger partial charge is 0.397 e. The minimum Gasteiger partial charge on any atom is -0.397 e. The van der Waals surface area contributed by atoms with Gasteiger partial charge in [-0.25, -0.2) is 4.98 Å². The van der Waals surface area contributed by atoms with Crippen molar-refractivity contribution in [2.75, 3.05) is 0 Å². The molecule has 3 rings (SSSR count). The quantitative estimate of drug-likeness (QED) is 0.572. The molecule has 19 heavy (non-hydrogen) atoms. The van der Waals surface area contributed by atoms with Crippen LogP contribution in [-0.4, -0.2) is 14.9 Å². The van der Waals surface area contributed by atoms with Crippen molar-refractivity contribution >= 4 is 27.4 Å². The zero-order chi connectivity index (χ0) is 13.6. The van der Waals surface area contributed by atoms with Crippen molar-refractivity contribution in [2.24, 2.45) is 0 Å². The Balaban J connectivity index is 2.19. The summed E-state index contributed by atoms with van der Waals surface area (Å²) in [5.74, 6) is -0.0377. The van der Waals surface area contributed by atoms with Crippen LogP contribution in [0.1, 0.15) is 4.88 Å². The highest BCUT2D eigenvalue weighted by atomic mass is 32.1. The average Bonchev–Trinajstić information content (AvgIpc) is 2.94. The van der Waals surface area contributed by atoms with Gasteiger partial charge in [0.15, 0.2) is 11.6 Å². The molecule has 0 aliphatic carbocycles. The van der Waals surface area contributed by atoms with Gasteiger partial charge in [0.05, 0.1) is 11.5 Å². The third-order valence-corrected chi connectivity index (χ3v) is 3.48. The van der Waals surface area contributed by atoms with Crippen LogP contribution in [0.15, 0.2) is 27.4 Å². The first-order valence-electron chi connectivity index (χ1n) is 5.29. The first-order chi connectivity index (χ1) is 9.04. The minimum absolute atomic E-state index is 0.164. The van der Waals surface area contributed by atoms with Crippen LogP contribution in [0.4, 0.5) is 5.88 Å². The number of fused-ring (bicyclic) bond motifs is 1. The van der Waals surface area contributed by atoms with Crippen molar-refractivity contribution < 1.29 is 9.34 Å². The molecule has 0 radical (unpaired) electrons. The van der Waals surface area contributed by atoms with Crippen molar-refractivity contribution in [3.05, 3.63) is 43.5 Å². The molecule has 3 aromatic heterocycles. The lowest BCUT2D eigenvalue weighted by atomic mass is 10.3. The normalized spacial score (nSPS) is 11.0. The van der Waals surface area contributed by atoms with E-state index >= 15 is 0 Å². The van der Waals surface area contributed by atoms with E-state index in [1.165, 1.54) is 23.5 Å². The molecule has 0 aromatic carbocycles. The van der Waals surface area contributed by atoms with E-state index in [1.807, 2.05) is 6.92 Å². The Morgan fingerprint density at radius 2 is 2.26 bits per heavy atom. The monoisotopic (exact) mass is 277 g/mol. The minimum atomic E-state index is -0.643. The van der Waals surface area contributed by atoms with Gasteiger partial charge in [-0.15, -0.1) is 11.3 Å². The molecule has 0 unspecified atom stereocenters. The summed E-state index contributed by atoms with van der Waals surface area (Å²) >= 11 is 1.38. The van der Waals surface area contributed by atoms with Crippen LogP contribution >= 0.6 is 11.3 Å². The van der Waals surface area contributed by atoms with Gasteiger partial charge in [-0.05, 0) is 19.1 Å². The molecular formula is C11H7N3O4S. The molecule has 0 spiro atoms. The molecule has 0 aliphatic rings. The molecule has 0 aliphatic heterocycles. The van der Waals surface area contributed by atoms with Crippen LogP contribution in [0.2, 0.25) is 0 Å². The predicted octanol–water partition coefficient (Wildman–Crippen LogP) is 2.46. The first kappa shape index (κ1) is 11.6. The summed E-state index contributed by atoms with van der Waals surface area (Å²) < 4.78 is 5.01. The van der Waals surface area contributed by atoms with Crippen LogP contribution in [0.5, 0.6) is 0 Å². The van der Waals surface area contributed by atoms with Crippen LogP contribution in [0, 0.1) is 17.0 Å². The lowest BCUT2D eigenvalue weighted by Crippen LogP contribution is -2.07. The molecule has 0 amide bonds. The SMILES string of the molecule is Cc1cc2c(=O)[nH]c(-c3ccc([N+](=O)[O-])o3)nc2s1. The van der Waals surface area contributed by atoms with E-state index in [4.69, 9.17) is 4.42 Å². The van der Waals surface area contributed by atoms with E-state index in [0.717, 1.165) is 4.88 Å². The highest BCUT2D eigenvalue weighted by Crippen LogP contribution is 2.26. The Kier molecular flexibility index (Phi) is 2.46. The fraction of sp³-hybridized carbons (Fsp3) is 0.0909. The van der Waals surface area contributed by atoms with Crippen molar-refractivity contribution in [1.29, 1.82) is 0 Å². The van der Waals surface area contributed by atoms with Gasteiger partial charge in [-0.2, -0.15) is 0 Å². The summed E-state index contributed by atoms with van der Waals surface area (Å²) in [5.41, 5.74) is -0.289. The van der Waals surface area contributed by atoms with Gasteiger partial charge in [-0.3, -0.25) is 14.9 Å². The molecule has 96 valence electrons. The Hall–Kier alpha value is -2.48. The van der Waals surface area contributed by atoms with Crippen molar-refractivity contribution in [1.82, 2.24) is 9.97 Å². The second-order valence-electron chi connectivity index (χ2n) is 3.89. The molecule has 8 heteroatoms. The number of rotatable bonds is 2. The topological polar surface area (TPSA) is 102 Å². The average molecular weight is 277 g/mol. The molecular weight excluding hydrogens is 270 g/mol. The summed E-state index contributed by atoms with van der Waals surface area (Å²) in [4.78, 5) is 30.1. The van der Waals surface area contributed by atoms with E-state index in [2.05, 4.69) is 9.97 Å². The number of nitrogens with one attached hydrogen (secondary N) is 1. The predicted molar refractivity (Wildman–Crippen MR) is 69.3 cm³/mol. The number of aromatic amines is 1. The van der Waals surface area contributed by atoms with Gasteiger partial charge in [-0.1, -0.05) is 0 Å². The zero-order valence-corrected chi connectivity index (χ0v) is 10.5. The van der Waals surface area contributed by atoms with Crippen LogP contribution < -0.4 is 5.56 Å². The Morgan fingerprint density at radius 3 is 2.95 bits per heavy atom.